The van der Waals surface area contributed by atoms with Crippen LogP contribution >= 0.6 is 0 Å². The molecule has 4 saturated carbocycles. The van der Waals surface area contributed by atoms with Gasteiger partial charge in [0.1, 0.15) is 0 Å². The first kappa shape index (κ1) is 31.5. The summed E-state index contributed by atoms with van der Waals surface area (Å²) in [6.45, 7) is 6.82. The lowest BCUT2D eigenvalue weighted by molar-refractivity contribution is -0.155. The van der Waals surface area contributed by atoms with E-state index in [4.69, 9.17) is 15.3 Å². The average Bonchev–Trinajstić information content (AvgIpc) is 3.83. The van der Waals surface area contributed by atoms with Crippen molar-refractivity contribution in [2.24, 2.45) is 94.7 Å². The maximum absolute atomic E-state index is 11.2. The Bertz CT molecular complexity index is 1300. The van der Waals surface area contributed by atoms with Crippen LogP contribution in [-0.2, 0) is 28.7 Å². The van der Waals surface area contributed by atoms with Gasteiger partial charge in [-0.1, -0.05) is 69.4 Å². The summed E-state index contributed by atoms with van der Waals surface area (Å²) in [5, 5.41) is 26.6. The summed E-state index contributed by atoms with van der Waals surface area (Å²) >= 11 is 0. The van der Waals surface area contributed by atoms with E-state index in [-0.39, 0.29) is 53.4 Å². The molecule has 3 N–H and O–H groups in total. The molecule has 9 aliphatic rings. The van der Waals surface area contributed by atoms with Gasteiger partial charge in [-0.05, 0) is 90.8 Å². The first-order valence-corrected chi connectivity index (χ1v) is 16.5. The van der Waals surface area contributed by atoms with Crippen molar-refractivity contribution in [2.75, 3.05) is 0 Å². The number of carbonyl (C=O) groups excluding carboxylic acids is 2. The molecule has 1 aliphatic heterocycles. The Hall–Kier alpha value is -3.49. The molecule has 0 aromatic rings. The Morgan fingerprint density at radius 1 is 0.489 bits per heavy atom. The third-order valence-corrected chi connectivity index (χ3v) is 12.7. The monoisotopic (exact) mass is 620 g/mol. The van der Waals surface area contributed by atoms with Crippen LogP contribution in [0.3, 0.4) is 0 Å². The summed E-state index contributed by atoms with van der Waals surface area (Å²) in [5.41, 5.74) is 0. The number of aliphatic carboxylic acids is 3. The Morgan fingerprint density at radius 3 is 1.09 bits per heavy atom. The molecule has 5 fully saturated rings. The van der Waals surface area contributed by atoms with Crippen LogP contribution in [0.15, 0.2) is 48.6 Å². The highest BCUT2D eigenvalue weighted by atomic mass is 16.6. The van der Waals surface area contributed by atoms with E-state index >= 15 is 0 Å². The zero-order valence-electron chi connectivity index (χ0n) is 26.0. The molecule has 16 unspecified atom stereocenters. The number of fused-ring (bicyclic) bond motifs is 11. The number of esters is 2. The van der Waals surface area contributed by atoms with Gasteiger partial charge in [-0.2, -0.15) is 0 Å². The topological polar surface area (TPSA) is 155 Å². The van der Waals surface area contributed by atoms with Gasteiger partial charge in [0.2, 0.25) is 0 Å². The molecule has 9 rings (SSSR count). The van der Waals surface area contributed by atoms with Gasteiger partial charge in [0.05, 0.1) is 29.6 Å². The molecule has 8 aliphatic carbocycles. The van der Waals surface area contributed by atoms with E-state index in [0.29, 0.717) is 24.2 Å². The Kier molecular flexibility index (Phi) is 8.42. The first-order chi connectivity index (χ1) is 21.4. The molecule has 1 saturated heterocycles. The summed E-state index contributed by atoms with van der Waals surface area (Å²) in [5.74, 6) is 0.410. The molecular formula is C36H44O9. The first-order valence-electron chi connectivity index (χ1n) is 16.5. The molecule has 16 atom stereocenters. The van der Waals surface area contributed by atoms with E-state index in [1.54, 1.807) is 0 Å². The molecule has 242 valence electrons. The average molecular weight is 621 g/mol. The van der Waals surface area contributed by atoms with Gasteiger partial charge in [-0.3, -0.25) is 24.0 Å². The fourth-order valence-electron chi connectivity index (χ4n) is 9.99. The zero-order chi connectivity index (χ0) is 32.3. The maximum atomic E-state index is 11.2. The van der Waals surface area contributed by atoms with Crippen molar-refractivity contribution in [3.05, 3.63) is 48.6 Å². The third kappa shape index (κ3) is 5.50. The molecule has 0 aromatic carbocycles. The minimum Gasteiger partial charge on any atom is -0.481 e. The predicted molar refractivity (Wildman–Crippen MR) is 162 cm³/mol. The van der Waals surface area contributed by atoms with Crippen LogP contribution in [0.1, 0.15) is 46.5 Å². The Labute approximate surface area is 263 Å². The van der Waals surface area contributed by atoms with Gasteiger partial charge < -0.3 is 20.1 Å². The molecule has 45 heavy (non-hydrogen) atoms. The van der Waals surface area contributed by atoms with Crippen molar-refractivity contribution in [1.82, 2.24) is 0 Å². The fraction of sp³-hybridized carbons (Fsp3) is 0.639. The van der Waals surface area contributed by atoms with E-state index in [2.05, 4.69) is 42.9 Å². The lowest BCUT2D eigenvalue weighted by atomic mass is 9.83. The maximum Gasteiger partial charge on any atom is 0.318 e. The minimum absolute atomic E-state index is 0.0661. The number of allylic oxidation sites excluding steroid dienone is 8. The quantitative estimate of drug-likeness (QED) is 0.222. The molecule has 0 aromatic heterocycles. The van der Waals surface area contributed by atoms with Crippen molar-refractivity contribution in [3.63, 3.8) is 0 Å². The smallest absolute Gasteiger partial charge is 0.318 e. The van der Waals surface area contributed by atoms with Crippen molar-refractivity contribution in [2.45, 2.75) is 46.5 Å². The van der Waals surface area contributed by atoms with Crippen LogP contribution in [0.5, 0.6) is 0 Å². The molecule has 8 bridgehead atoms. The zero-order valence-corrected chi connectivity index (χ0v) is 26.0. The lowest BCUT2D eigenvalue weighted by Gasteiger charge is -2.20. The Balaban J connectivity index is 0.000000107. The summed E-state index contributed by atoms with van der Waals surface area (Å²) in [4.78, 5) is 54.7. The second kappa shape index (κ2) is 12.0. The summed E-state index contributed by atoms with van der Waals surface area (Å²) in [6, 6.07) is 0. The summed E-state index contributed by atoms with van der Waals surface area (Å²) in [6.07, 6.45) is 21.0. The van der Waals surface area contributed by atoms with Gasteiger partial charge in [0.15, 0.2) is 0 Å². The normalized spacial score (nSPS) is 47.1. The third-order valence-electron chi connectivity index (χ3n) is 12.7. The van der Waals surface area contributed by atoms with E-state index in [1.165, 1.54) is 6.42 Å². The van der Waals surface area contributed by atoms with Crippen LogP contribution in [0.4, 0.5) is 0 Å². The molecule has 0 amide bonds. The SMILES string of the molecule is CC1C2C=CC(C2)C1C.CC1C2C=CC(C2)C1C(=O)O.O=C(O)C1C2C=CC(C2)C1C(=O)O.O=C1OC(=O)C2C3C=CC(C3)C12. The molecule has 0 radical (unpaired) electrons. The number of hydrogen-bond acceptors (Lipinski definition) is 6. The summed E-state index contributed by atoms with van der Waals surface area (Å²) < 4.78 is 4.59. The number of hydrogen-bond donors (Lipinski definition) is 3. The number of rotatable bonds is 3. The van der Waals surface area contributed by atoms with Crippen molar-refractivity contribution in [3.8, 4) is 0 Å². The van der Waals surface area contributed by atoms with Crippen LogP contribution < -0.4 is 0 Å². The molecular weight excluding hydrogens is 576 g/mol. The molecule has 9 nitrogen and oxygen atoms in total. The van der Waals surface area contributed by atoms with Gasteiger partial charge >= 0.3 is 29.8 Å². The standard InChI is InChI=1S/C9H10O4.C9H8O3.C9H12O2.C9H14/c10-8(11)6-4-1-2-5(3-4)7(6)9(12)13;10-8-6-4-1-2-5(3-4)7(6)9(11)12-8;1-5-6-2-3-7(4-6)8(5)9(10)11;1-6-7(2)9-4-3-8(6)5-9/h1-2,4-7H,3H2,(H,10,11)(H,12,13);1-2,4-7H,3H2;2-3,5-8H,4H2,1H3,(H,10,11);3-4,6-9H,5H2,1-2H3. The number of carbonyl (C=O) groups is 5. The van der Waals surface area contributed by atoms with Crippen LogP contribution in [0.25, 0.3) is 0 Å². The fourth-order valence-corrected chi connectivity index (χ4v) is 9.99. The lowest BCUT2D eigenvalue weighted by Crippen LogP contribution is -2.32. The molecule has 1 heterocycles. The van der Waals surface area contributed by atoms with Gasteiger partial charge in [-0.15, -0.1) is 0 Å². The highest BCUT2D eigenvalue weighted by Gasteiger charge is 2.58. The predicted octanol–water partition coefficient (Wildman–Crippen LogP) is 5.10. The highest BCUT2D eigenvalue weighted by molar-refractivity contribution is 5.98. The number of cyclic esters (lactones) is 2. The number of carboxylic acids is 3. The molecule has 0 spiro atoms. The van der Waals surface area contributed by atoms with Crippen LogP contribution in [-0.4, -0.2) is 45.2 Å². The summed E-state index contributed by atoms with van der Waals surface area (Å²) in [7, 11) is 0. The van der Waals surface area contributed by atoms with E-state index in [9.17, 15) is 24.0 Å². The van der Waals surface area contributed by atoms with E-state index in [0.717, 1.165) is 36.5 Å². The van der Waals surface area contributed by atoms with Crippen molar-refractivity contribution in [1.29, 1.82) is 0 Å². The van der Waals surface area contributed by atoms with Gasteiger partial charge in [0, 0.05) is 0 Å². The minimum atomic E-state index is -0.982. The molecule has 9 heteroatoms. The second-order valence-corrected chi connectivity index (χ2v) is 14.8. The van der Waals surface area contributed by atoms with Gasteiger partial charge in [-0.25, -0.2) is 0 Å². The van der Waals surface area contributed by atoms with E-state index < -0.39 is 29.7 Å². The largest absolute Gasteiger partial charge is 0.481 e. The highest BCUT2D eigenvalue weighted by Crippen LogP contribution is 2.52. The van der Waals surface area contributed by atoms with Gasteiger partial charge in [0.25, 0.3) is 0 Å². The van der Waals surface area contributed by atoms with Crippen LogP contribution in [0, 0.1) is 94.7 Å². The van der Waals surface area contributed by atoms with Crippen molar-refractivity contribution >= 4 is 29.8 Å². The number of carboxylic acid groups (broad SMARTS) is 3. The van der Waals surface area contributed by atoms with Crippen molar-refractivity contribution < 1.29 is 44.0 Å². The van der Waals surface area contributed by atoms with E-state index in [1.807, 2.05) is 31.2 Å². The number of ether oxygens (including phenoxy) is 1. The van der Waals surface area contributed by atoms with Crippen LogP contribution in [0.2, 0.25) is 0 Å². The second-order valence-electron chi connectivity index (χ2n) is 14.8. The Morgan fingerprint density at radius 2 is 0.778 bits per heavy atom.